The van der Waals surface area contributed by atoms with E-state index in [1.165, 1.54) is 24.4 Å². The van der Waals surface area contributed by atoms with Crippen molar-refractivity contribution in [3.63, 3.8) is 0 Å². The number of pyridine rings is 1. The van der Waals surface area contributed by atoms with E-state index in [1.54, 1.807) is 55.5 Å². The molecule has 0 aliphatic heterocycles. The summed E-state index contributed by atoms with van der Waals surface area (Å²) in [6.45, 7) is 1.71. The molecule has 0 unspecified atom stereocenters. The highest BCUT2D eigenvalue weighted by Crippen LogP contribution is 2.28. The highest BCUT2D eigenvalue weighted by molar-refractivity contribution is 5.99. The lowest BCUT2D eigenvalue weighted by Gasteiger charge is -2.18. The number of aromatic nitrogens is 1. The predicted octanol–water partition coefficient (Wildman–Crippen LogP) is 3.84. The van der Waals surface area contributed by atoms with Crippen LogP contribution in [-0.2, 0) is 9.53 Å². The van der Waals surface area contributed by atoms with Crippen molar-refractivity contribution in [1.82, 2.24) is 4.98 Å². The number of benzene rings is 2. The van der Waals surface area contributed by atoms with E-state index in [2.05, 4.69) is 10.3 Å². The van der Waals surface area contributed by atoms with Crippen LogP contribution in [0.5, 0.6) is 0 Å². The number of carbonyl (C=O) groups excluding carboxylic acids is 2. The van der Waals surface area contributed by atoms with Crippen LogP contribution in [0.2, 0.25) is 0 Å². The van der Waals surface area contributed by atoms with Gasteiger partial charge in [0.15, 0.2) is 0 Å². The van der Waals surface area contributed by atoms with Crippen LogP contribution >= 0.6 is 0 Å². The first-order valence-corrected chi connectivity index (χ1v) is 8.68. The lowest BCUT2D eigenvalue weighted by Crippen LogP contribution is -2.26. The molecular weight excluding hydrogens is 374 g/mol. The van der Waals surface area contributed by atoms with Crippen LogP contribution in [0.4, 0.5) is 11.4 Å². The summed E-state index contributed by atoms with van der Waals surface area (Å²) < 4.78 is 5.40. The van der Waals surface area contributed by atoms with Gasteiger partial charge in [0.05, 0.1) is 4.92 Å². The number of hydrogen-bond donors (Lipinski definition) is 1. The van der Waals surface area contributed by atoms with Gasteiger partial charge in [0.25, 0.3) is 11.6 Å². The summed E-state index contributed by atoms with van der Waals surface area (Å²) in [4.78, 5) is 40.0. The largest absolute Gasteiger partial charge is 0.443 e. The standard InChI is InChI=1S/C21H17N3O5/c1-14-10-11-16(18(13-14)24(27)28)23-20(25)19(15-7-3-2-4-8-15)29-21(26)17-9-5-6-12-22-17/h2-13,19H,1H3,(H,23,25)/t19-/m0/s1. The van der Waals surface area contributed by atoms with Crippen LogP contribution in [0.3, 0.4) is 0 Å². The molecule has 1 atom stereocenters. The minimum atomic E-state index is -1.31. The first-order chi connectivity index (χ1) is 14.0. The molecule has 0 saturated carbocycles. The number of esters is 1. The van der Waals surface area contributed by atoms with Gasteiger partial charge in [0.2, 0.25) is 6.10 Å². The van der Waals surface area contributed by atoms with Crippen molar-refractivity contribution < 1.29 is 19.2 Å². The van der Waals surface area contributed by atoms with Crippen molar-refractivity contribution >= 4 is 23.3 Å². The van der Waals surface area contributed by atoms with Gasteiger partial charge in [-0.3, -0.25) is 14.9 Å². The Morgan fingerprint density at radius 3 is 2.45 bits per heavy atom. The zero-order valence-corrected chi connectivity index (χ0v) is 15.4. The Balaban J connectivity index is 1.90. The normalized spacial score (nSPS) is 11.3. The van der Waals surface area contributed by atoms with Gasteiger partial charge in [-0.2, -0.15) is 0 Å². The smallest absolute Gasteiger partial charge is 0.358 e. The molecule has 8 heteroatoms. The molecule has 29 heavy (non-hydrogen) atoms. The van der Waals surface area contributed by atoms with Crippen LogP contribution in [-0.4, -0.2) is 21.8 Å². The molecule has 0 aliphatic rings. The number of anilines is 1. The molecule has 3 rings (SSSR count). The van der Waals surface area contributed by atoms with Crippen LogP contribution in [0.15, 0.2) is 72.9 Å². The third-order valence-corrected chi connectivity index (χ3v) is 4.05. The first kappa shape index (κ1) is 19.7. The van der Waals surface area contributed by atoms with Crippen LogP contribution in [0.1, 0.15) is 27.7 Å². The van der Waals surface area contributed by atoms with E-state index in [0.717, 1.165) is 0 Å². The number of nitro groups is 1. The van der Waals surface area contributed by atoms with Crippen molar-refractivity contribution in [3.8, 4) is 0 Å². The van der Waals surface area contributed by atoms with E-state index in [-0.39, 0.29) is 17.1 Å². The summed E-state index contributed by atoms with van der Waals surface area (Å²) >= 11 is 0. The summed E-state index contributed by atoms with van der Waals surface area (Å²) in [6, 6.07) is 17.6. The molecule has 2 aromatic carbocycles. The summed E-state index contributed by atoms with van der Waals surface area (Å²) in [5.74, 6) is -1.50. The minimum Gasteiger partial charge on any atom is -0.443 e. The third-order valence-electron chi connectivity index (χ3n) is 4.05. The van der Waals surface area contributed by atoms with Crippen LogP contribution < -0.4 is 5.32 Å². The molecule has 1 N–H and O–H groups in total. The molecule has 0 spiro atoms. The molecule has 146 valence electrons. The predicted molar refractivity (Wildman–Crippen MR) is 105 cm³/mol. The maximum Gasteiger partial charge on any atom is 0.358 e. The van der Waals surface area contributed by atoms with E-state index >= 15 is 0 Å². The van der Waals surface area contributed by atoms with Crippen molar-refractivity contribution in [2.24, 2.45) is 0 Å². The van der Waals surface area contributed by atoms with Gasteiger partial charge in [-0.15, -0.1) is 0 Å². The topological polar surface area (TPSA) is 111 Å². The zero-order valence-electron chi connectivity index (χ0n) is 15.4. The van der Waals surface area contributed by atoms with E-state index in [9.17, 15) is 19.7 Å². The molecule has 0 fully saturated rings. The monoisotopic (exact) mass is 391 g/mol. The van der Waals surface area contributed by atoms with Gasteiger partial charge in [0.1, 0.15) is 11.4 Å². The molecule has 0 saturated heterocycles. The molecule has 0 aliphatic carbocycles. The fourth-order valence-corrected chi connectivity index (χ4v) is 2.65. The molecule has 3 aromatic rings. The Bertz CT molecular complexity index is 1040. The van der Waals surface area contributed by atoms with E-state index < -0.39 is 22.9 Å². The number of nitrogens with zero attached hydrogens (tertiary/aromatic N) is 2. The Morgan fingerprint density at radius 2 is 1.79 bits per heavy atom. The van der Waals surface area contributed by atoms with Crippen molar-refractivity contribution in [2.45, 2.75) is 13.0 Å². The number of nitrogens with one attached hydrogen (secondary N) is 1. The maximum atomic E-state index is 12.9. The van der Waals surface area contributed by atoms with Crippen molar-refractivity contribution in [1.29, 1.82) is 0 Å². The Hall–Kier alpha value is -4.07. The quantitative estimate of drug-likeness (QED) is 0.388. The van der Waals surface area contributed by atoms with Gasteiger partial charge in [-0.1, -0.05) is 42.5 Å². The van der Waals surface area contributed by atoms with Crippen LogP contribution in [0.25, 0.3) is 0 Å². The zero-order chi connectivity index (χ0) is 20.8. The van der Waals surface area contributed by atoms with Crippen molar-refractivity contribution in [3.05, 3.63) is 99.9 Å². The second-order valence-corrected chi connectivity index (χ2v) is 6.18. The number of ether oxygens (including phenoxy) is 1. The number of nitro benzene ring substituents is 1. The maximum absolute atomic E-state index is 12.9. The van der Waals surface area contributed by atoms with Gasteiger partial charge in [-0.05, 0) is 30.7 Å². The van der Waals surface area contributed by atoms with Gasteiger partial charge >= 0.3 is 5.97 Å². The summed E-state index contributed by atoms with van der Waals surface area (Å²) in [6.07, 6.45) is 0.121. The fourth-order valence-electron chi connectivity index (χ4n) is 2.65. The molecular formula is C21H17N3O5. The minimum absolute atomic E-state index is 0.0143. The van der Waals surface area contributed by atoms with E-state index in [1.807, 2.05) is 0 Å². The number of carbonyl (C=O) groups is 2. The van der Waals surface area contributed by atoms with Gasteiger partial charge in [0, 0.05) is 17.8 Å². The Morgan fingerprint density at radius 1 is 1.07 bits per heavy atom. The van der Waals surface area contributed by atoms with Gasteiger partial charge < -0.3 is 10.1 Å². The molecule has 1 amide bonds. The number of rotatable bonds is 6. The molecule has 1 heterocycles. The summed E-state index contributed by atoms with van der Waals surface area (Å²) in [5.41, 5.74) is 0.907. The Labute approximate surface area is 166 Å². The number of amides is 1. The Kier molecular flexibility index (Phi) is 5.94. The molecule has 1 aromatic heterocycles. The number of hydrogen-bond acceptors (Lipinski definition) is 6. The lowest BCUT2D eigenvalue weighted by molar-refractivity contribution is -0.384. The van der Waals surface area contributed by atoms with Crippen molar-refractivity contribution in [2.75, 3.05) is 5.32 Å². The highest BCUT2D eigenvalue weighted by Gasteiger charge is 2.28. The SMILES string of the molecule is Cc1ccc(NC(=O)[C@@H](OC(=O)c2ccccn2)c2ccccc2)c([N+](=O)[O-])c1. The number of aryl methyl sites for hydroxylation is 1. The highest BCUT2D eigenvalue weighted by atomic mass is 16.6. The van der Waals surface area contributed by atoms with E-state index in [0.29, 0.717) is 11.1 Å². The molecule has 0 bridgehead atoms. The first-order valence-electron chi connectivity index (χ1n) is 8.68. The summed E-state index contributed by atoms with van der Waals surface area (Å²) in [7, 11) is 0. The van der Waals surface area contributed by atoms with Gasteiger partial charge in [-0.25, -0.2) is 9.78 Å². The average Bonchev–Trinajstić information content (AvgIpc) is 2.74. The fraction of sp³-hybridized carbons (Fsp3) is 0.0952. The third kappa shape index (κ3) is 4.81. The van der Waals surface area contributed by atoms with E-state index in [4.69, 9.17) is 4.74 Å². The second-order valence-electron chi connectivity index (χ2n) is 6.18. The average molecular weight is 391 g/mol. The lowest BCUT2D eigenvalue weighted by atomic mass is 10.1. The van der Waals surface area contributed by atoms with Crippen LogP contribution in [0, 0.1) is 17.0 Å². The molecule has 8 nitrogen and oxygen atoms in total. The molecule has 0 radical (unpaired) electrons. The second kappa shape index (κ2) is 8.75. The summed E-state index contributed by atoms with van der Waals surface area (Å²) in [5, 5.41) is 13.8.